The topological polar surface area (TPSA) is 116 Å². The van der Waals surface area contributed by atoms with Gasteiger partial charge in [-0.2, -0.15) is 0 Å². The molecule has 0 radical (unpaired) electrons. The van der Waals surface area contributed by atoms with Crippen molar-refractivity contribution in [3.05, 3.63) is 36.7 Å². The Kier molecular flexibility index (Phi) is 4.78. The molecule has 4 unspecified atom stereocenters. The first-order valence-corrected chi connectivity index (χ1v) is 7.33. The molecule has 0 bridgehead atoms. The molecule has 8 heteroatoms. The lowest BCUT2D eigenvalue weighted by Gasteiger charge is -2.20. The number of nitrogens with zero attached hydrogens (tertiary/aromatic N) is 1. The van der Waals surface area contributed by atoms with Crippen LogP contribution in [0.1, 0.15) is 18.0 Å². The summed E-state index contributed by atoms with van der Waals surface area (Å²) in [6.45, 7) is -0.364. The third kappa shape index (κ3) is 2.73. The van der Waals surface area contributed by atoms with Crippen molar-refractivity contribution in [3.8, 4) is 0 Å². The van der Waals surface area contributed by atoms with Gasteiger partial charge in [-0.25, -0.2) is 4.79 Å². The van der Waals surface area contributed by atoms with Crippen molar-refractivity contribution in [2.45, 2.75) is 24.7 Å². The van der Waals surface area contributed by atoms with Gasteiger partial charge in [0.1, 0.15) is 0 Å². The Bertz CT molecular complexity index is 623. The Balaban J connectivity index is 2.46. The zero-order valence-electron chi connectivity index (χ0n) is 10.4. The maximum absolute atomic E-state index is 11.9. The van der Waals surface area contributed by atoms with E-state index in [1.54, 1.807) is 4.08 Å². The molecule has 1 aliphatic rings. The van der Waals surface area contributed by atoms with Crippen LogP contribution in [0.3, 0.4) is 0 Å². The van der Waals surface area contributed by atoms with E-state index in [0.717, 1.165) is 0 Å². The molecular formula is C12H15IN2O5. The van der Waals surface area contributed by atoms with Crippen LogP contribution in [-0.2, 0) is 0 Å². The van der Waals surface area contributed by atoms with Gasteiger partial charge in [-0.1, -0.05) is 22.6 Å². The molecule has 1 aliphatic carbocycles. The Hall–Kier alpha value is -0.970. The third-order valence-corrected chi connectivity index (χ3v) is 3.98. The molecule has 1 fully saturated rings. The van der Waals surface area contributed by atoms with Crippen LogP contribution in [0, 0.1) is 5.92 Å². The summed E-state index contributed by atoms with van der Waals surface area (Å²) in [5, 5.41) is 29.0. The zero-order chi connectivity index (χ0) is 14.9. The quantitative estimate of drug-likeness (QED) is 0.502. The molecule has 4 atom stereocenters. The average Bonchev–Trinajstić information content (AvgIpc) is 2.68. The lowest BCUT2D eigenvalue weighted by molar-refractivity contribution is 0.0207. The first kappa shape index (κ1) is 15.4. The summed E-state index contributed by atoms with van der Waals surface area (Å²) >= 11 is 1.95. The number of rotatable bonds is 3. The number of aliphatic hydroxyl groups excluding tert-OH is 3. The summed E-state index contributed by atoms with van der Waals surface area (Å²) in [4.78, 5) is 25.6. The number of H-pyrrole nitrogens is 1. The molecule has 0 saturated heterocycles. The smallest absolute Gasteiger partial charge is 0.328 e. The summed E-state index contributed by atoms with van der Waals surface area (Å²) in [6.07, 6.45) is 1.11. The van der Waals surface area contributed by atoms with Gasteiger partial charge in [0.2, 0.25) is 0 Å². The molecule has 110 valence electrons. The standard InChI is InChI=1S/C12H15IN2O5/c13-2-1-6-4-15(12(20)14-11(6)19)8-3-9(17)7(5-16)10(8)18/h1-2,4,7-10,16-18H,3,5H2,(H,14,19,20)/b2-1+. The van der Waals surface area contributed by atoms with Crippen LogP contribution in [0.15, 0.2) is 19.9 Å². The largest absolute Gasteiger partial charge is 0.396 e. The lowest BCUT2D eigenvalue weighted by Crippen LogP contribution is -2.37. The SMILES string of the molecule is O=c1[nH]c(=O)n(C2CC(O)C(CO)C2O)cc1/C=C/I. The molecule has 4 N–H and O–H groups in total. The van der Waals surface area contributed by atoms with Gasteiger partial charge in [0.25, 0.3) is 5.56 Å². The highest BCUT2D eigenvalue weighted by Crippen LogP contribution is 2.34. The van der Waals surface area contributed by atoms with Crippen LogP contribution in [-0.4, -0.2) is 43.7 Å². The van der Waals surface area contributed by atoms with Crippen molar-refractivity contribution in [1.82, 2.24) is 9.55 Å². The van der Waals surface area contributed by atoms with E-state index in [9.17, 15) is 19.8 Å². The Morgan fingerprint density at radius 3 is 2.70 bits per heavy atom. The molecule has 1 heterocycles. The van der Waals surface area contributed by atoms with E-state index >= 15 is 0 Å². The second kappa shape index (κ2) is 6.20. The monoisotopic (exact) mass is 394 g/mol. The highest BCUT2D eigenvalue weighted by atomic mass is 127. The van der Waals surface area contributed by atoms with E-state index in [-0.39, 0.29) is 18.6 Å². The maximum Gasteiger partial charge on any atom is 0.328 e. The van der Waals surface area contributed by atoms with Crippen molar-refractivity contribution in [3.63, 3.8) is 0 Å². The number of hydrogen-bond donors (Lipinski definition) is 4. The van der Waals surface area contributed by atoms with Gasteiger partial charge in [0.15, 0.2) is 0 Å². The second-order valence-corrected chi connectivity index (χ2v) is 5.47. The summed E-state index contributed by atoms with van der Waals surface area (Å²) < 4.78 is 2.84. The minimum absolute atomic E-state index is 0.145. The number of aromatic amines is 1. The number of nitrogens with one attached hydrogen (secondary N) is 1. The fourth-order valence-corrected chi connectivity index (χ4v) is 2.90. The number of aromatic nitrogens is 2. The van der Waals surface area contributed by atoms with Gasteiger partial charge in [0.05, 0.1) is 30.4 Å². The van der Waals surface area contributed by atoms with Gasteiger partial charge >= 0.3 is 5.69 Å². The molecule has 7 nitrogen and oxygen atoms in total. The molecule has 0 amide bonds. The number of aliphatic hydroxyl groups is 3. The van der Waals surface area contributed by atoms with E-state index in [4.69, 9.17) is 5.11 Å². The average molecular weight is 394 g/mol. The van der Waals surface area contributed by atoms with Crippen LogP contribution in [0.2, 0.25) is 0 Å². The zero-order valence-corrected chi connectivity index (χ0v) is 12.6. The number of halogens is 1. The van der Waals surface area contributed by atoms with Gasteiger partial charge < -0.3 is 15.3 Å². The van der Waals surface area contributed by atoms with Gasteiger partial charge in [-0.15, -0.1) is 0 Å². The van der Waals surface area contributed by atoms with Crippen molar-refractivity contribution in [2.75, 3.05) is 6.61 Å². The van der Waals surface area contributed by atoms with E-state index < -0.39 is 35.4 Å². The first-order chi connectivity index (χ1) is 9.49. The summed E-state index contributed by atoms with van der Waals surface area (Å²) in [5.41, 5.74) is -0.866. The van der Waals surface area contributed by atoms with Crippen molar-refractivity contribution in [1.29, 1.82) is 0 Å². The fourth-order valence-electron chi connectivity index (χ4n) is 2.52. The van der Waals surface area contributed by atoms with E-state index in [1.807, 2.05) is 22.6 Å². The normalized spacial score (nSPS) is 30.2. The Morgan fingerprint density at radius 2 is 2.15 bits per heavy atom. The minimum Gasteiger partial charge on any atom is -0.396 e. The van der Waals surface area contributed by atoms with Crippen molar-refractivity contribution in [2.24, 2.45) is 5.92 Å². The molecular weight excluding hydrogens is 379 g/mol. The van der Waals surface area contributed by atoms with Crippen LogP contribution in [0.4, 0.5) is 0 Å². The predicted octanol–water partition coefficient (Wildman–Crippen LogP) is -0.783. The fraction of sp³-hybridized carbons (Fsp3) is 0.500. The maximum atomic E-state index is 11.9. The summed E-state index contributed by atoms with van der Waals surface area (Å²) in [5.74, 6) is -0.692. The molecule has 1 saturated carbocycles. The van der Waals surface area contributed by atoms with Crippen LogP contribution >= 0.6 is 22.6 Å². The van der Waals surface area contributed by atoms with Crippen LogP contribution < -0.4 is 11.2 Å². The van der Waals surface area contributed by atoms with E-state index in [0.29, 0.717) is 0 Å². The first-order valence-electron chi connectivity index (χ1n) is 6.08. The molecule has 1 aromatic rings. The van der Waals surface area contributed by atoms with Crippen molar-refractivity contribution < 1.29 is 15.3 Å². The second-order valence-electron chi connectivity index (χ2n) is 4.75. The molecule has 0 aliphatic heterocycles. The third-order valence-electron chi connectivity index (χ3n) is 3.62. The Morgan fingerprint density at radius 1 is 1.45 bits per heavy atom. The molecule has 0 aromatic carbocycles. The highest BCUT2D eigenvalue weighted by Gasteiger charge is 2.42. The highest BCUT2D eigenvalue weighted by molar-refractivity contribution is 14.1. The summed E-state index contributed by atoms with van der Waals surface area (Å²) in [6, 6.07) is -0.673. The molecule has 20 heavy (non-hydrogen) atoms. The van der Waals surface area contributed by atoms with Gasteiger partial charge in [-0.05, 0) is 16.6 Å². The number of hydrogen-bond acceptors (Lipinski definition) is 5. The van der Waals surface area contributed by atoms with Crippen molar-refractivity contribution >= 4 is 28.7 Å². The predicted molar refractivity (Wildman–Crippen MR) is 80.6 cm³/mol. The molecule has 2 rings (SSSR count). The lowest BCUT2D eigenvalue weighted by atomic mass is 10.0. The van der Waals surface area contributed by atoms with Crippen LogP contribution in [0.25, 0.3) is 6.08 Å². The Labute approximate surface area is 127 Å². The summed E-state index contributed by atoms with van der Waals surface area (Å²) in [7, 11) is 0. The molecule has 0 spiro atoms. The van der Waals surface area contributed by atoms with Crippen LogP contribution in [0.5, 0.6) is 0 Å². The minimum atomic E-state index is -1.05. The molecule has 1 aromatic heterocycles. The van der Waals surface area contributed by atoms with Gasteiger partial charge in [0, 0.05) is 12.1 Å². The van der Waals surface area contributed by atoms with E-state index in [2.05, 4.69) is 4.98 Å². The van der Waals surface area contributed by atoms with E-state index in [1.165, 1.54) is 16.8 Å². The van der Waals surface area contributed by atoms with Gasteiger partial charge in [-0.3, -0.25) is 14.3 Å².